The molecule has 0 spiro atoms. The number of pyridine rings is 1. The minimum atomic E-state index is -0.0825. The molecule has 0 aliphatic carbocycles. The lowest BCUT2D eigenvalue weighted by Gasteiger charge is -2.22. The van der Waals surface area contributed by atoms with Gasteiger partial charge in [0, 0.05) is 25.4 Å². The van der Waals surface area contributed by atoms with Gasteiger partial charge in [0.05, 0.1) is 12.2 Å². The van der Waals surface area contributed by atoms with E-state index in [1.165, 1.54) is 0 Å². The van der Waals surface area contributed by atoms with Crippen molar-refractivity contribution < 1.29 is 4.74 Å². The Morgan fingerprint density at radius 1 is 1.28 bits per heavy atom. The number of fused-ring (bicyclic) bond motifs is 1. The Hall–Kier alpha value is -2.30. The summed E-state index contributed by atoms with van der Waals surface area (Å²) in [6.45, 7) is 14.6. The molecule has 0 amide bonds. The molecule has 25 heavy (non-hydrogen) atoms. The normalized spacial score (nSPS) is 10.9. The number of nitrogens with zero attached hydrogens (tertiary/aromatic N) is 3. The van der Waals surface area contributed by atoms with Crippen LogP contribution in [0.25, 0.3) is 11.4 Å². The summed E-state index contributed by atoms with van der Waals surface area (Å²) in [5.41, 5.74) is 2.27. The second kappa shape index (κ2) is 8.70. The van der Waals surface area contributed by atoms with Gasteiger partial charge in [-0.3, -0.25) is 9.20 Å². The van der Waals surface area contributed by atoms with Crippen molar-refractivity contribution in [3.8, 4) is 0 Å². The van der Waals surface area contributed by atoms with Crippen molar-refractivity contribution in [3.63, 3.8) is 0 Å². The molecule has 2 rings (SSSR count). The molecule has 0 aliphatic heterocycles. The van der Waals surface area contributed by atoms with Gasteiger partial charge in [0.25, 0.3) is 5.56 Å². The maximum Gasteiger partial charge on any atom is 0.259 e. The van der Waals surface area contributed by atoms with Crippen LogP contribution in [0, 0.1) is 6.92 Å². The first-order valence-corrected chi connectivity index (χ1v) is 9.12. The molecule has 5 nitrogen and oxygen atoms in total. The topological polar surface area (TPSA) is 46.8 Å². The fraction of sp³-hybridized carbons (Fsp3) is 0.500. The molecule has 0 fully saturated rings. The largest absolute Gasteiger partial charge is 0.493 e. The first kappa shape index (κ1) is 19.0. The highest BCUT2D eigenvalue weighted by Gasteiger charge is 2.14. The number of aromatic nitrogens is 2. The van der Waals surface area contributed by atoms with E-state index in [2.05, 4.69) is 32.3 Å². The third-order valence-corrected chi connectivity index (χ3v) is 4.16. The molecular weight excluding hydrogens is 314 g/mol. The van der Waals surface area contributed by atoms with E-state index in [0.29, 0.717) is 23.8 Å². The number of aryl methyl sites for hydroxylation is 1. The molecule has 0 atom stereocenters. The van der Waals surface area contributed by atoms with Crippen molar-refractivity contribution in [1.29, 1.82) is 0 Å². The van der Waals surface area contributed by atoms with Gasteiger partial charge in [-0.25, -0.2) is 4.98 Å². The molecule has 0 N–H and O–H groups in total. The van der Waals surface area contributed by atoms with Crippen LogP contribution in [0.2, 0.25) is 0 Å². The smallest absolute Gasteiger partial charge is 0.259 e. The molecule has 0 unspecified atom stereocenters. The summed E-state index contributed by atoms with van der Waals surface area (Å²) in [6, 6.07) is 3.59. The monoisotopic (exact) mass is 343 g/mol. The highest BCUT2D eigenvalue weighted by Crippen LogP contribution is 2.22. The lowest BCUT2D eigenvalue weighted by atomic mass is 10.1. The van der Waals surface area contributed by atoms with Gasteiger partial charge >= 0.3 is 0 Å². The molecule has 0 saturated carbocycles. The molecule has 0 radical (unpaired) electrons. The van der Waals surface area contributed by atoms with Crippen LogP contribution in [0.5, 0.6) is 0 Å². The van der Waals surface area contributed by atoms with Crippen LogP contribution in [0.15, 0.2) is 29.7 Å². The Kier molecular flexibility index (Phi) is 6.62. The highest BCUT2D eigenvalue weighted by molar-refractivity contribution is 5.72. The van der Waals surface area contributed by atoms with Crippen LogP contribution in [-0.2, 0) is 4.74 Å². The van der Waals surface area contributed by atoms with Crippen molar-refractivity contribution in [1.82, 2.24) is 9.38 Å². The van der Waals surface area contributed by atoms with E-state index >= 15 is 0 Å². The SMILES string of the molecule is C=C(OCCCC)c1cc(C)cn2c(=O)cc(N(CC)CCC)nc12. The number of hydrogen-bond acceptors (Lipinski definition) is 4. The molecular formula is C20H29N3O2. The third kappa shape index (κ3) is 4.41. The van der Waals surface area contributed by atoms with Gasteiger partial charge in [0.15, 0.2) is 5.65 Å². The maximum absolute atomic E-state index is 12.6. The molecule has 136 valence electrons. The van der Waals surface area contributed by atoms with Crippen LogP contribution < -0.4 is 10.5 Å². The predicted octanol–water partition coefficient (Wildman–Crippen LogP) is 4.03. The van der Waals surface area contributed by atoms with E-state index in [9.17, 15) is 4.79 Å². The highest BCUT2D eigenvalue weighted by atomic mass is 16.5. The van der Waals surface area contributed by atoms with Crippen LogP contribution in [-0.4, -0.2) is 29.1 Å². The number of rotatable bonds is 9. The summed E-state index contributed by atoms with van der Waals surface area (Å²) in [5, 5.41) is 0. The number of hydrogen-bond donors (Lipinski definition) is 0. The fourth-order valence-electron chi connectivity index (χ4n) is 2.82. The summed E-state index contributed by atoms with van der Waals surface area (Å²) < 4.78 is 7.37. The van der Waals surface area contributed by atoms with Gasteiger partial charge < -0.3 is 9.64 Å². The summed E-state index contributed by atoms with van der Waals surface area (Å²) in [5.74, 6) is 1.28. The summed E-state index contributed by atoms with van der Waals surface area (Å²) in [7, 11) is 0. The molecule has 2 heterocycles. The van der Waals surface area contributed by atoms with E-state index in [1.54, 1.807) is 10.5 Å². The summed E-state index contributed by atoms with van der Waals surface area (Å²) >= 11 is 0. The zero-order valence-corrected chi connectivity index (χ0v) is 15.8. The zero-order chi connectivity index (χ0) is 18.4. The Bertz CT molecular complexity index is 795. The van der Waals surface area contributed by atoms with Gasteiger partial charge in [0.2, 0.25) is 0 Å². The molecule has 0 saturated heterocycles. The second-order valence-electron chi connectivity index (χ2n) is 6.28. The van der Waals surface area contributed by atoms with Crippen LogP contribution in [0.4, 0.5) is 5.82 Å². The zero-order valence-electron chi connectivity index (χ0n) is 15.8. The second-order valence-corrected chi connectivity index (χ2v) is 6.28. The molecule has 0 aliphatic rings. The molecule has 0 aromatic carbocycles. The lowest BCUT2D eigenvalue weighted by molar-refractivity contribution is 0.271. The maximum atomic E-state index is 12.6. The standard InChI is InChI=1S/C20H29N3O2/c1-6-9-11-25-16(5)17-12-15(4)14-23-19(24)13-18(21-20(17)23)22(8-3)10-7-2/h12-14H,5-11H2,1-4H3. The van der Waals surface area contributed by atoms with Gasteiger partial charge in [-0.2, -0.15) is 0 Å². The Morgan fingerprint density at radius 3 is 2.68 bits per heavy atom. The first-order chi connectivity index (χ1) is 12.0. The van der Waals surface area contributed by atoms with Crippen molar-refractivity contribution in [3.05, 3.63) is 46.4 Å². The van der Waals surface area contributed by atoms with E-state index in [4.69, 9.17) is 9.72 Å². The minimum absolute atomic E-state index is 0.0825. The molecule has 2 aromatic rings. The lowest BCUT2D eigenvalue weighted by Crippen LogP contribution is -2.27. The molecule has 2 aromatic heterocycles. The number of ether oxygens (including phenoxy) is 1. The fourth-order valence-corrected chi connectivity index (χ4v) is 2.82. The van der Waals surface area contributed by atoms with E-state index < -0.39 is 0 Å². The van der Waals surface area contributed by atoms with Gasteiger partial charge in [-0.15, -0.1) is 0 Å². The molecule has 5 heteroatoms. The summed E-state index contributed by atoms with van der Waals surface area (Å²) in [4.78, 5) is 19.5. The quantitative estimate of drug-likeness (QED) is 0.509. The van der Waals surface area contributed by atoms with E-state index in [1.807, 2.05) is 19.2 Å². The Morgan fingerprint density at radius 2 is 2.04 bits per heavy atom. The van der Waals surface area contributed by atoms with E-state index in [-0.39, 0.29) is 5.56 Å². The van der Waals surface area contributed by atoms with Gasteiger partial charge in [0.1, 0.15) is 11.6 Å². The van der Waals surface area contributed by atoms with Crippen molar-refractivity contribution >= 4 is 17.2 Å². The van der Waals surface area contributed by atoms with Gasteiger partial charge in [-0.05, 0) is 38.3 Å². The predicted molar refractivity (Wildman–Crippen MR) is 104 cm³/mol. The van der Waals surface area contributed by atoms with Gasteiger partial charge in [-0.1, -0.05) is 26.8 Å². The first-order valence-electron chi connectivity index (χ1n) is 9.12. The Labute approximate surface area is 150 Å². The third-order valence-electron chi connectivity index (χ3n) is 4.16. The van der Waals surface area contributed by atoms with Crippen molar-refractivity contribution in [2.45, 2.75) is 47.0 Å². The van der Waals surface area contributed by atoms with Crippen LogP contribution in [0.1, 0.15) is 51.2 Å². The average Bonchev–Trinajstić information content (AvgIpc) is 2.59. The number of anilines is 1. The van der Waals surface area contributed by atoms with Crippen molar-refractivity contribution in [2.24, 2.45) is 0 Å². The number of unbranched alkanes of at least 4 members (excludes halogenated alkanes) is 1. The van der Waals surface area contributed by atoms with E-state index in [0.717, 1.165) is 43.5 Å². The minimum Gasteiger partial charge on any atom is -0.493 e. The molecule has 0 bridgehead atoms. The van der Waals surface area contributed by atoms with Crippen LogP contribution >= 0.6 is 0 Å². The van der Waals surface area contributed by atoms with Crippen molar-refractivity contribution in [2.75, 3.05) is 24.6 Å². The van der Waals surface area contributed by atoms with Crippen LogP contribution in [0.3, 0.4) is 0 Å². The summed E-state index contributed by atoms with van der Waals surface area (Å²) in [6.07, 6.45) is 4.85. The average molecular weight is 343 g/mol. The Balaban J connectivity index is 2.55.